The Hall–Kier alpha value is -4.18. The quantitative estimate of drug-likeness (QED) is 0.383. The number of nitrogens with zero attached hydrogens (tertiary/aromatic N) is 2. The van der Waals surface area contributed by atoms with Gasteiger partial charge in [0.15, 0.2) is 17.6 Å². The molecule has 0 saturated heterocycles. The molecule has 10 nitrogen and oxygen atoms in total. The number of amides is 1. The van der Waals surface area contributed by atoms with E-state index >= 15 is 0 Å². The fraction of sp³-hybridized carbons (Fsp3) is 0.182. The van der Waals surface area contributed by atoms with E-state index in [2.05, 4.69) is 15.3 Å². The lowest BCUT2D eigenvalue weighted by Crippen LogP contribution is -2.28. The van der Waals surface area contributed by atoms with Gasteiger partial charge in [-0.15, -0.1) is 0 Å². The normalized spacial score (nSPS) is 11.4. The Labute approximate surface area is 183 Å². The van der Waals surface area contributed by atoms with Gasteiger partial charge in [-0.2, -0.15) is 4.98 Å². The average molecular weight is 438 g/mol. The van der Waals surface area contributed by atoms with Crippen LogP contribution in [0.1, 0.15) is 33.5 Å². The van der Waals surface area contributed by atoms with Crippen LogP contribution in [0.2, 0.25) is 0 Å². The topological polar surface area (TPSA) is 157 Å². The molecule has 1 unspecified atom stereocenters. The highest BCUT2D eigenvalue weighted by molar-refractivity contribution is 5.95. The van der Waals surface area contributed by atoms with Crippen LogP contribution in [0.15, 0.2) is 54.6 Å². The van der Waals surface area contributed by atoms with Crippen molar-refractivity contribution >= 4 is 11.9 Å². The number of rotatable bonds is 8. The molecule has 0 saturated carbocycles. The summed E-state index contributed by atoms with van der Waals surface area (Å²) in [7, 11) is 1.52. The molecule has 1 atom stereocenters. The van der Waals surface area contributed by atoms with Crippen molar-refractivity contribution in [1.82, 2.24) is 15.3 Å². The molecule has 0 aliphatic heterocycles. The molecule has 32 heavy (non-hydrogen) atoms. The van der Waals surface area contributed by atoms with Crippen molar-refractivity contribution in [2.45, 2.75) is 19.2 Å². The largest absolute Gasteiger partial charge is 0.501 e. The minimum atomic E-state index is -1.48. The summed E-state index contributed by atoms with van der Waals surface area (Å²) in [5, 5.41) is 22.5. The van der Waals surface area contributed by atoms with E-state index in [-0.39, 0.29) is 19.0 Å². The van der Waals surface area contributed by atoms with E-state index in [1.807, 2.05) is 6.07 Å². The zero-order chi connectivity index (χ0) is 23.1. The van der Waals surface area contributed by atoms with Gasteiger partial charge in [-0.1, -0.05) is 42.5 Å². The summed E-state index contributed by atoms with van der Waals surface area (Å²) >= 11 is 0. The maximum absolute atomic E-state index is 12.5. The molecule has 0 radical (unpaired) electrons. The first kappa shape index (κ1) is 22.5. The lowest BCUT2D eigenvalue weighted by atomic mass is 10.2. The van der Waals surface area contributed by atoms with Gasteiger partial charge >= 0.3 is 5.97 Å². The highest BCUT2D eigenvalue weighted by Gasteiger charge is 2.26. The van der Waals surface area contributed by atoms with Crippen molar-refractivity contribution in [1.29, 1.82) is 0 Å². The van der Waals surface area contributed by atoms with Gasteiger partial charge in [-0.05, 0) is 23.3 Å². The van der Waals surface area contributed by atoms with Crippen molar-refractivity contribution in [3.63, 3.8) is 0 Å². The number of benzene rings is 2. The first-order valence-corrected chi connectivity index (χ1v) is 9.56. The zero-order valence-corrected chi connectivity index (χ0v) is 17.2. The van der Waals surface area contributed by atoms with Gasteiger partial charge < -0.3 is 30.7 Å². The summed E-state index contributed by atoms with van der Waals surface area (Å²) in [4.78, 5) is 32.3. The Morgan fingerprint density at radius 1 is 1.06 bits per heavy atom. The fourth-order valence-electron chi connectivity index (χ4n) is 2.73. The Bertz CT molecular complexity index is 1110. The molecule has 0 aliphatic carbocycles. The Morgan fingerprint density at radius 2 is 1.78 bits per heavy atom. The Balaban J connectivity index is 1.71. The number of ether oxygens (including phenoxy) is 2. The number of carbonyl (C=O) groups is 2. The molecule has 5 N–H and O–H groups in total. The molecule has 3 aromatic rings. The summed E-state index contributed by atoms with van der Waals surface area (Å²) in [6.07, 6.45) is 0. The van der Waals surface area contributed by atoms with Crippen LogP contribution in [0.25, 0.3) is 0 Å². The summed E-state index contributed by atoms with van der Waals surface area (Å²) in [6, 6.07) is 14.5. The molecular weight excluding hydrogens is 416 g/mol. The van der Waals surface area contributed by atoms with Gasteiger partial charge in [0.2, 0.25) is 5.75 Å². The molecule has 1 heterocycles. The van der Waals surface area contributed by atoms with E-state index in [4.69, 9.17) is 15.2 Å². The molecule has 166 valence electrons. The minimum Gasteiger partial charge on any atom is -0.501 e. The standard InChI is InChI=1S/C22H22N4O6/c1-31-15-9-5-8-14(10-15)11-24-20(28)17-18(27)21(29)26-19(25-17)16(23)22(30)32-12-13-6-3-2-4-7-13/h2-10,16,27H,11-12,23H2,1H3,(H,24,28)(H,25,26,29). The second-order valence-electron chi connectivity index (χ2n) is 6.71. The number of nitrogens with one attached hydrogen (secondary N) is 1. The molecule has 1 aromatic heterocycles. The van der Waals surface area contributed by atoms with Crippen LogP contribution >= 0.6 is 0 Å². The van der Waals surface area contributed by atoms with Crippen LogP contribution in [0.4, 0.5) is 0 Å². The van der Waals surface area contributed by atoms with E-state index < -0.39 is 35.2 Å². The highest BCUT2D eigenvalue weighted by Crippen LogP contribution is 2.27. The van der Waals surface area contributed by atoms with Crippen molar-refractivity contribution in [3.05, 3.63) is 77.2 Å². The highest BCUT2D eigenvalue weighted by atomic mass is 16.5. The average Bonchev–Trinajstić information content (AvgIpc) is 2.82. The molecule has 2 aromatic carbocycles. The first-order valence-electron chi connectivity index (χ1n) is 9.56. The predicted molar refractivity (Wildman–Crippen MR) is 113 cm³/mol. The van der Waals surface area contributed by atoms with Crippen LogP contribution in [0, 0.1) is 0 Å². The van der Waals surface area contributed by atoms with Gasteiger partial charge in [-0.25, -0.2) is 9.78 Å². The maximum Gasteiger partial charge on any atom is 0.331 e. The number of carbonyl (C=O) groups excluding carboxylic acids is 2. The zero-order valence-electron chi connectivity index (χ0n) is 17.2. The number of hydrogen-bond acceptors (Lipinski definition) is 9. The second kappa shape index (κ2) is 10.2. The molecule has 0 bridgehead atoms. The van der Waals surface area contributed by atoms with E-state index in [0.29, 0.717) is 5.75 Å². The van der Waals surface area contributed by atoms with E-state index in [0.717, 1.165) is 11.1 Å². The van der Waals surface area contributed by atoms with Crippen LogP contribution in [0.3, 0.4) is 0 Å². The molecule has 0 aliphatic rings. The molecule has 10 heteroatoms. The van der Waals surface area contributed by atoms with Crippen molar-refractivity contribution in [2.75, 3.05) is 7.11 Å². The summed E-state index contributed by atoms with van der Waals surface area (Å²) in [5.41, 5.74) is 6.81. The van der Waals surface area contributed by atoms with E-state index in [9.17, 15) is 19.8 Å². The fourth-order valence-corrected chi connectivity index (χ4v) is 2.73. The summed E-state index contributed by atoms with van der Waals surface area (Å²) in [6.45, 7) is 0.0755. The van der Waals surface area contributed by atoms with Crippen LogP contribution in [-0.2, 0) is 22.7 Å². The molecule has 0 spiro atoms. The van der Waals surface area contributed by atoms with Crippen LogP contribution in [-0.4, -0.2) is 39.2 Å². The first-order chi connectivity index (χ1) is 15.4. The number of esters is 1. The minimum absolute atomic E-state index is 0.0225. The van der Waals surface area contributed by atoms with Crippen LogP contribution in [0.5, 0.6) is 17.4 Å². The third-order valence-electron chi connectivity index (χ3n) is 4.44. The second-order valence-corrected chi connectivity index (χ2v) is 6.71. The van der Waals surface area contributed by atoms with Gasteiger partial charge in [0, 0.05) is 6.54 Å². The smallest absolute Gasteiger partial charge is 0.331 e. The number of aromatic nitrogens is 2. The predicted octanol–water partition coefficient (Wildman–Crippen LogP) is 1.57. The van der Waals surface area contributed by atoms with Gasteiger partial charge in [0.1, 0.15) is 12.4 Å². The number of aromatic hydroxyl groups is 2. The molecule has 1 amide bonds. The summed E-state index contributed by atoms with van der Waals surface area (Å²) < 4.78 is 10.3. The van der Waals surface area contributed by atoms with Gasteiger partial charge in [0.05, 0.1) is 7.11 Å². The van der Waals surface area contributed by atoms with E-state index in [1.54, 1.807) is 48.5 Å². The lowest BCUT2D eigenvalue weighted by Gasteiger charge is -2.13. The number of hydrogen-bond donors (Lipinski definition) is 4. The van der Waals surface area contributed by atoms with Crippen molar-refractivity contribution in [2.24, 2.45) is 5.73 Å². The van der Waals surface area contributed by atoms with Crippen molar-refractivity contribution < 1.29 is 29.3 Å². The Morgan fingerprint density at radius 3 is 2.50 bits per heavy atom. The molecular formula is C22H22N4O6. The number of methoxy groups -OCH3 is 1. The third-order valence-corrected chi connectivity index (χ3v) is 4.44. The van der Waals surface area contributed by atoms with Crippen LogP contribution < -0.4 is 15.8 Å². The number of nitrogens with two attached hydrogens (primary N) is 1. The monoisotopic (exact) mass is 438 g/mol. The lowest BCUT2D eigenvalue weighted by molar-refractivity contribution is -0.146. The van der Waals surface area contributed by atoms with Gasteiger partial charge in [0.25, 0.3) is 11.8 Å². The van der Waals surface area contributed by atoms with Gasteiger partial charge in [-0.3, -0.25) is 4.79 Å². The third kappa shape index (κ3) is 5.49. The maximum atomic E-state index is 12.5. The van der Waals surface area contributed by atoms with Crippen molar-refractivity contribution in [3.8, 4) is 17.4 Å². The molecule has 3 rings (SSSR count). The Kier molecular flexibility index (Phi) is 7.19. The van der Waals surface area contributed by atoms with E-state index in [1.165, 1.54) is 7.11 Å². The molecule has 0 fully saturated rings. The SMILES string of the molecule is COc1cccc(CNC(=O)c2nc(C(N)C(=O)OCc3ccccc3)nc(O)c2O)c1. The summed E-state index contributed by atoms with van der Waals surface area (Å²) in [5.74, 6) is -3.13.